The number of piperidine rings is 1. The second-order valence-electron chi connectivity index (χ2n) is 7.18. The molecule has 0 radical (unpaired) electrons. The SMILES string of the molecule is COC(=O)CCC(=O)N1CCC[C@@H](C(=O)c2ccc(-c3ccccc3)c(F)c2)C1. The monoisotopic (exact) mass is 397 g/mol. The van der Waals surface area contributed by atoms with Crippen molar-refractivity contribution in [3.05, 3.63) is 59.9 Å². The molecule has 152 valence electrons. The Balaban J connectivity index is 1.67. The molecule has 2 aromatic carbocycles. The van der Waals surface area contributed by atoms with Crippen molar-refractivity contribution in [2.24, 2.45) is 5.92 Å². The summed E-state index contributed by atoms with van der Waals surface area (Å²) >= 11 is 0. The van der Waals surface area contributed by atoms with Crippen molar-refractivity contribution >= 4 is 17.7 Å². The highest BCUT2D eigenvalue weighted by Gasteiger charge is 2.29. The topological polar surface area (TPSA) is 63.7 Å². The molecule has 2 aromatic rings. The van der Waals surface area contributed by atoms with E-state index in [-0.39, 0.29) is 30.4 Å². The Morgan fingerprint density at radius 3 is 2.55 bits per heavy atom. The number of carbonyl (C=O) groups is 3. The molecule has 0 saturated carbocycles. The first kappa shape index (κ1) is 20.7. The zero-order chi connectivity index (χ0) is 20.8. The van der Waals surface area contributed by atoms with Crippen LogP contribution in [0.25, 0.3) is 11.1 Å². The van der Waals surface area contributed by atoms with Crippen LogP contribution in [0, 0.1) is 11.7 Å². The fourth-order valence-electron chi connectivity index (χ4n) is 3.64. The quantitative estimate of drug-likeness (QED) is 0.548. The van der Waals surface area contributed by atoms with Gasteiger partial charge in [-0.3, -0.25) is 14.4 Å². The van der Waals surface area contributed by atoms with E-state index in [0.29, 0.717) is 37.1 Å². The number of nitrogens with zero attached hydrogens (tertiary/aromatic N) is 1. The highest BCUT2D eigenvalue weighted by atomic mass is 19.1. The molecule has 1 saturated heterocycles. The number of Topliss-reactive ketones (excluding diaryl/α,β-unsaturated/α-hetero) is 1. The Morgan fingerprint density at radius 1 is 1.10 bits per heavy atom. The van der Waals surface area contributed by atoms with E-state index in [1.54, 1.807) is 17.0 Å². The minimum absolute atomic E-state index is 0.0244. The third-order valence-electron chi connectivity index (χ3n) is 5.25. The van der Waals surface area contributed by atoms with Gasteiger partial charge < -0.3 is 9.64 Å². The lowest BCUT2D eigenvalue weighted by Crippen LogP contribution is -2.42. The van der Waals surface area contributed by atoms with Crippen molar-refractivity contribution < 1.29 is 23.5 Å². The van der Waals surface area contributed by atoms with E-state index in [1.807, 2.05) is 30.3 Å². The van der Waals surface area contributed by atoms with Crippen LogP contribution in [0.15, 0.2) is 48.5 Å². The lowest BCUT2D eigenvalue weighted by atomic mass is 9.89. The summed E-state index contributed by atoms with van der Waals surface area (Å²) in [6.45, 7) is 0.853. The molecular formula is C23H24FNO4. The summed E-state index contributed by atoms with van der Waals surface area (Å²) in [6.07, 6.45) is 1.44. The van der Waals surface area contributed by atoms with Crippen LogP contribution in [-0.2, 0) is 14.3 Å². The van der Waals surface area contributed by atoms with Gasteiger partial charge in [-0.15, -0.1) is 0 Å². The van der Waals surface area contributed by atoms with Crippen LogP contribution in [0.5, 0.6) is 0 Å². The first-order valence-electron chi connectivity index (χ1n) is 9.73. The van der Waals surface area contributed by atoms with Gasteiger partial charge in [0.05, 0.1) is 13.5 Å². The van der Waals surface area contributed by atoms with Crippen LogP contribution in [-0.4, -0.2) is 42.8 Å². The molecule has 0 bridgehead atoms. The Kier molecular flexibility index (Phi) is 6.75. The second-order valence-corrected chi connectivity index (χ2v) is 7.18. The fourth-order valence-corrected chi connectivity index (χ4v) is 3.64. The van der Waals surface area contributed by atoms with E-state index < -0.39 is 11.8 Å². The van der Waals surface area contributed by atoms with Crippen LogP contribution in [0.4, 0.5) is 4.39 Å². The maximum atomic E-state index is 14.6. The molecular weight excluding hydrogens is 373 g/mol. The number of halogens is 1. The highest BCUT2D eigenvalue weighted by molar-refractivity contribution is 5.98. The molecule has 0 aromatic heterocycles. The van der Waals surface area contributed by atoms with E-state index in [1.165, 1.54) is 13.2 Å². The molecule has 1 aliphatic rings. The van der Waals surface area contributed by atoms with Gasteiger partial charge in [0, 0.05) is 36.6 Å². The highest BCUT2D eigenvalue weighted by Crippen LogP contribution is 2.26. The van der Waals surface area contributed by atoms with E-state index in [4.69, 9.17) is 0 Å². The van der Waals surface area contributed by atoms with Crippen LogP contribution < -0.4 is 0 Å². The molecule has 1 fully saturated rings. The fraction of sp³-hybridized carbons (Fsp3) is 0.348. The van der Waals surface area contributed by atoms with Gasteiger partial charge in [-0.1, -0.05) is 42.5 Å². The third-order valence-corrected chi connectivity index (χ3v) is 5.25. The summed E-state index contributed by atoms with van der Waals surface area (Å²) < 4.78 is 19.2. The Labute approximate surface area is 169 Å². The molecule has 1 amide bonds. The smallest absolute Gasteiger partial charge is 0.306 e. The normalized spacial score (nSPS) is 16.3. The van der Waals surface area contributed by atoms with Crippen LogP contribution in [0.3, 0.4) is 0 Å². The number of ketones is 1. The summed E-state index contributed by atoms with van der Waals surface area (Å²) in [6, 6.07) is 13.7. The Bertz CT molecular complexity index is 897. The van der Waals surface area contributed by atoms with Gasteiger partial charge >= 0.3 is 5.97 Å². The summed E-state index contributed by atoms with van der Waals surface area (Å²) in [4.78, 5) is 38.1. The summed E-state index contributed by atoms with van der Waals surface area (Å²) in [5.74, 6) is -1.57. The molecule has 0 aliphatic carbocycles. The average molecular weight is 397 g/mol. The Morgan fingerprint density at radius 2 is 1.86 bits per heavy atom. The minimum Gasteiger partial charge on any atom is -0.469 e. The number of rotatable bonds is 6. The third kappa shape index (κ3) is 5.08. The molecule has 1 atom stereocenters. The van der Waals surface area contributed by atoms with Gasteiger partial charge in [0.2, 0.25) is 5.91 Å². The zero-order valence-electron chi connectivity index (χ0n) is 16.4. The van der Waals surface area contributed by atoms with Crippen LogP contribution in [0.2, 0.25) is 0 Å². The van der Waals surface area contributed by atoms with Crippen molar-refractivity contribution in [3.8, 4) is 11.1 Å². The van der Waals surface area contributed by atoms with E-state index in [2.05, 4.69) is 4.74 Å². The van der Waals surface area contributed by atoms with Crippen molar-refractivity contribution in [3.63, 3.8) is 0 Å². The van der Waals surface area contributed by atoms with E-state index in [9.17, 15) is 18.8 Å². The minimum atomic E-state index is -0.441. The number of benzene rings is 2. The van der Waals surface area contributed by atoms with Gasteiger partial charge in [0.15, 0.2) is 5.78 Å². The molecule has 6 heteroatoms. The summed E-state index contributed by atoms with van der Waals surface area (Å²) in [5, 5.41) is 0. The summed E-state index contributed by atoms with van der Waals surface area (Å²) in [7, 11) is 1.28. The zero-order valence-corrected chi connectivity index (χ0v) is 16.4. The predicted octanol–water partition coefficient (Wildman–Crippen LogP) is 3.87. The molecule has 0 spiro atoms. The van der Waals surface area contributed by atoms with Gasteiger partial charge in [0.1, 0.15) is 5.82 Å². The molecule has 0 N–H and O–H groups in total. The lowest BCUT2D eigenvalue weighted by molar-refractivity contribution is -0.144. The molecule has 29 heavy (non-hydrogen) atoms. The molecule has 1 aliphatic heterocycles. The van der Waals surface area contributed by atoms with Crippen molar-refractivity contribution in [2.75, 3.05) is 20.2 Å². The largest absolute Gasteiger partial charge is 0.469 e. The number of esters is 1. The van der Waals surface area contributed by atoms with Crippen molar-refractivity contribution in [1.82, 2.24) is 4.90 Å². The van der Waals surface area contributed by atoms with E-state index >= 15 is 0 Å². The first-order chi connectivity index (χ1) is 14.0. The average Bonchev–Trinajstić information content (AvgIpc) is 2.77. The van der Waals surface area contributed by atoms with Gasteiger partial charge in [-0.05, 0) is 24.5 Å². The van der Waals surface area contributed by atoms with Crippen molar-refractivity contribution in [1.29, 1.82) is 0 Å². The maximum absolute atomic E-state index is 14.6. The summed E-state index contributed by atoms with van der Waals surface area (Å²) in [5.41, 5.74) is 1.52. The number of amides is 1. The first-order valence-corrected chi connectivity index (χ1v) is 9.73. The number of likely N-dealkylation sites (tertiary alicyclic amines) is 1. The number of hydrogen-bond acceptors (Lipinski definition) is 4. The Hall–Kier alpha value is -3.02. The van der Waals surface area contributed by atoms with Crippen LogP contribution in [0.1, 0.15) is 36.0 Å². The van der Waals surface area contributed by atoms with Gasteiger partial charge in [-0.25, -0.2) is 4.39 Å². The van der Waals surface area contributed by atoms with Gasteiger partial charge in [0.25, 0.3) is 0 Å². The van der Waals surface area contributed by atoms with Crippen LogP contribution >= 0.6 is 0 Å². The van der Waals surface area contributed by atoms with E-state index in [0.717, 1.165) is 5.56 Å². The second kappa shape index (κ2) is 9.45. The number of hydrogen-bond donors (Lipinski definition) is 0. The van der Waals surface area contributed by atoms with Crippen molar-refractivity contribution in [2.45, 2.75) is 25.7 Å². The molecule has 0 unspecified atom stereocenters. The van der Waals surface area contributed by atoms with Gasteiger partial charge in [-0.2, -0.15) is 0 Å². The number of methoxy groups -OCH3 is 1. The number of ether oxygens (including phenoxy) is 1. The maximum Gasteiger partial charge on any atom is 0.306 e. The number of carbonyl (C=O) groups excluding carboxylic acids is 3. The molecule has 1 heterocycles. The molecule has 5 nitrogen and oxygen atoms in total. The molecule has 3 rings (SSSR count). The standard InChI is InChI=1S/C23H24FNO4/c1-29-22(27)12-11-21(26)25-13-5-8-18(15-25)23(28)17-9-10-19(20(24)14-17)16-6-3-2-4-7-16/h2-4,6-7,9-10,14,18H,5,8,11-13,15H2,1H3/t18-/m1/s1. The lowest BCUT2D eigenvalue weighted by Gasteiger charge is -2.32. The predicted molar refractivity (Wildman–Crippen MR) is 107 cm³/mol.